The van der Waals surface area contributed by atoms with Gasteiger partial charge in [0.15, 0.2) is 0 Å². The molecule has 1 aromatic rings. The SMILES string of the molecule is O=C(OC1CCC[C@H]2CCCC[C@@H]12)C(=O)c1ccccc1. The maximum atomic E-state index is 12.1. The first kappa shape index (κ1) is 14.3. The van der Waals surface area contributed by atoms with Crippen LogP contribution in [0.1, 0.15) is 55.3 Å². The second-order valence-electron chi connectivity index (χ2n) is 6.28. The first-order valence-corrected chi connectivity index (χ1v) is 8.06. The highest BCUT2D eigenvalue weighted by Crippen LogP contribution is 2.41. The topological polar surface area (TPSA) is 43.4 Å². The summed E-state index contributed by atoms with van der Waals surface area (Å²) >= 11 is 0. The molecule has 2 aliphatic carbocycles. The van der Waals surface area contributed by atoms with E-state index >= 15 is 0 Å². The van der Waals surface area contributed by atoms with Crippen molar-refractivity contribution in [3.05, 3.63) is 35.9 Å². The number of carbonyl (C=O) groups excluding carboxylic acids is 2. The van der Waals surface area contributed by atoms with E-state index in [0.717, 1.165) is 19.3 Å². The van der Waals surface area contributed by atoms with E-state index in [1.54, 1.807) is 24.3 Å². The van der Waals surface area contributed by atoms with Crippen LogP contribution < -0.4 is 0 Å². The predicted octanol–water partition coefficient (Wildman–Crippen LogP) is 3.77. The average Bonchev–Trinajstić information content (AvgIpc) is 2.55. The van der Waals surface area contributed by atoms with Crippen LogP contribution in [0.2, 0.25) is 0 Å². The molecule has 0 amide bonds. The molecular formula is C18H22O3. The molecule has 3 nitrogen and oxygen atoms in total. The van der Waals surface area contributed by atoms with Crippen molar-refractivity contribution in [1.29, 1.82) is 0 Å². The first-order chi connectivity index (χ1) is 10.3. The molecule has 1 aromatic carbocycles. The molecule has 0 aliphatic heterocycles. The first-order valence-electron chi connectivity index (χ1n) is 8.06. The van der Waals surface area contributed by atoms with Gasteiger partial charge in [0.25, 0.3) is 5.78 Å². The molecule has 3 atom stereocenters. The van der Waals surface area contributed by atoms with Crippen molar-refractivity contribution in [2.75, 3.05) is 0 Å². The number of Topliss-reactive ketones (excluding diaryl/α,β-unsaturated/α-hetero) is 1. The molecule has 0 radical (unpaired) electrons. The molecule has 3 heteroatoms. The molecule has 0 heterocycles. The van der Waals surface area contributed by atoms with Crippen LogP contribution in [0.3, 0.4) is 0 Å². The fourth-order valence-corrected chi connectivity index (χ4v) is 3.92. The summed E-state index contributed by atoms with van der Waals surface area (Å²) in [7, 11) is 0. The van der Waals surface area contributed by atoms with Gasteiger partial charge in [-0.2, -0.15) is 0 Å². The van der Waals surface area contributed by atoms with Crippen LogP contribution in [0.25, 0.3) is 0 Å². The van der Waals surface area contributed by atoms with E-state index in [-0.39, 0.29) is 6.10 Å². The summed E-state index contributed by atoms with van der Waals surface area (Å²) in [6.07, 6.45) is 8.14. The molecule has 0 aromatic heterocycles. The second-order valence-corrected chi connectivity index (χ2v) is 6.28. The highest BCUT2D eigenvalue weighted by molar-refractivity contribution is 6.40. The van der Waals surface area contributed by atoms with Crippen molar-refractivity contribution in [2.45, 2.75) is 51.0 Å². The molecule has 112 valence electrons. The Morgan fingerprint density at radius 3 is 2.43 bits per heavy atom. The predicted molar refractivity (Wildman–Crippen MR) is 80.0 cm³/mol. The second kappa shape index (κ2) is 6.42. The average molecular weight is 286 g/mol. The molecule has 0 saturated heterocycles. The number of benzene rings is 1. The van der Waals surface area contributed by atoms with Crippen LogP contribution in [0.5, 0.6) is 0 Å². The number of hydrogen-bond donors (Lipinski definition) is 0. The van der Waals surface area contributed by atoms with E-state index in [1.165, 1.54) is 25.7 Å². The molecule has 2 fully saturated rings. The summed E-state index contributed by atoms with van der Waals surface area (Å²) in [6.45, 7) is 0. The summed E-state index contributed by atoms with van der Waals surface area (Å²) < 4.78 is 5.59. The highest BCUT2D eigenvalue weighted by atomic mass is 16.5. The summed E-state index contributed by atoms with van der Waals surface area (Å²) in [6, 6.07) is 8.67. The molecule has 2 saturated carbocycles. The minimum absolute atomic E-state index is 0.0517. The number of ether oxygens (including phenoxy) is 1. The third-order valence-corrected chi connectivity index (χ3v) is 4.99. The number of esters is 1. The van der Waals surface area contributed by atoms with Crippen LogP contribution in [0.4, 0.5) is 0 Å². The summed E-state index contributed by atoms with van der Waals surface area (Å²) in [5, 5.41) is 0. The third-order valence-electron chi connectivity index (χ3n) is 4.99. The number of carbonyl (C=O) groups is 2. The molecule has 1 unspecified atom stereocenters. The quantitative estimate of drug-likeness (QED) is 0.482. The lowest BCUT2D eigenvalue weighted by Crippen LogP contribution is -2.39. The summed E-state index contributed by atoms with van der Waals surface area (Å²) in [5.74, 6) is -0.0388. The van der Waals surface area contributed by atoms with E-state index in [0.29, 0.717) is 17.4 Å². The smallest absolute Gasteiger partial charge is 0.379 e. The van der Waals surface area contributed by atoms with E-state index in [2.05, 4.69) is 0 Å². The van der Waals surface area contributed by atoms with Gasteiger partial charge in [0.05, 0.1) is 0 Å². The maximum Gasteiger partial charge on any atom is 0.379 e. The van der Waals surface area contributed by atoms with Crippen molar-refractivity contribution >= 4 is 11.8 Å². The lowest BCUT2D eigenvalue weighted by atomic mass is 9.69. The fraction of sp³-hybridized carbons (Fsp3) is 0.556. The Labute approximate surface area is 125 Å². The van der Waals surface area contributed by atoms with E-state index in [9.17, 15) is 9.59 Å². The number of fused-ring (bicyclic) bond motifs is 1. The van der Waals surface area contributed by atoms with Gasteiger partial charge in [-0.15, -0.1) is 0 Å². The number of rotatable bonds is 3. The molecule has 21 heavy (non-hydrogen) atoms. The van der Waals surface area contributed by atoms with Crippen molar-refractivity contribution in [3.63, 3.8) is 0 Å². The van der Waals surface area contributed by atoms with Gasteiger partial charge in [0, 0.05) is 5.56 Å². The Morgan fingerprint density at radius 2 is 1.62 bits per heavy atom. The van der Waals surface area contributed by atoms with Crippen molar-refractivity contribution in [3.8, 4) is 0 Å². The van der Waals surface area contributed by atoms with Crippen LogP contribution in [-0.2, 0) is 9.53 Å². The van der Waals surface area contributed by atoms with Gasteiger partial charge in [0.1, 0.15) is 6.10 Å². The monoisotopic (exact) mass is 286 g/mol. The molecular weight excluding hydrogens is 264 g/mol. The van der Waals surface area contributed by atoms with Crippen molar-refractivity contribution in [1.82, 2.24) is 0 Å². The van der Waals surface area contributed by atoms with E-state index in [4.69, 9.17) is 4.74 Å². The number of hydrogen-bond acceptors (Lipinski definition) is 3. The zero-order chi connectivity index (χ0) is 14.7. The minimum atomic E-state index is -0.683. The van der Waals surface area contributed by atoms with Gasteiger partial charge < -0.3 is 4.74 Å². The zero-order valence-electron chi connectivity index (χ0n) is 12.3. The molecule has 3 rings (SSSR count). The van der Waals surface area contributed by atoms with Gasteiger partial charge in [-0.25, -0.2) is 4.79 Å². The van der Waals surface area contributed by atoms with Gasteiger partial charge in [0.2, 0.25) is 0 Å². The van der Waals surface area contributed by atoms with Crippen LogP contribution in [-0.4, -0.2) is 17.9 Å². The highest BCUT2D eigenvalue weighted by Gasteiger charge is 2.37. The van der Waals surface area contributed by atoms with Crippen molar-refractivity contribution < 1.29 is 14.3 Å². The fourth-order valence-electron chi connectivity index (χ4n) is 3.92. The third kappa shape index (κ3) is 3.17. The Morgan fingerprint density at radius 1 is 0.905 bits per heavy atom. The van der Waals surface area contributed by atoms with Gasteiger partial charge in [-0.05, 0) is 37.5 Å². The Hall–Kier alpha value is -1.64. The molecule has 0 N–H and O–H groups in total. The van der Waals surface area contributed by atoms with Crippen molar-refractivity contribution in [2.24, 2.45) is 11.8 Å². The summed E-state index contributed by atoms with van der Waals surface area (Å²) in [4.78, 5) is 24.2. The normalized spacial score (nSPS) is 28.5. The molecule has 0 spiro atoms. The van der Waals surface area contributed by atoms with Gasteiger partial charge in [-0.1, -0.05) is 49.6 Å². The Bertz CT molecular complexity index is 506. The Kier molecular flexibility index (Phi) is 4.37. The van der Waals surface area contributed by atoms with Gasteiger partial charge >= 0.3 is 5.97 Å². The Balaban J connectivity index is 1.65. The lowest BCUT2D eigenvalue weighted by Gasteiger charge is -2.40. The zero-order valence-corrected chi connectivity index (χ0v) is 12.3. The van der Waals surface area contributed by atoms with Crippen LogP contribution >= 0.6 is 0 Å². The van der Waals surface area contributed by atoms with Crippen LogP contribution in [0, 0.1) is 11.8 Å². The largest absolute Gasteiger partial charge is 0.456 e. The molecule has 2 aliphatic rings. The number of ketones is 1. The van der Waals surface area contributed by atoms with E-state index in [1.807, 2.05) is 6.07 Å². The molecule has 0 bridgehead atoms. The lowest BCUT2D eigenvalue weighted by molar-refractivity contribution is -0.150. The standard InChI is InChI=1S/C18H22O3/c19-17(14-8-2-1-3-9-14)18(20)21-16-12-6-10-13-7-4-5-11-15(13)16/h1-3,8-9,13,15-16H,4-7,10-12H2/t13-,15-,16?/m1/s1. The minimum Gasteiger partial charge on any atom is -0.456 e. The van der Waals surface area contributed by atoms with E-state index < -0.39 is 11.8 Å². The van der Waals surface area contributed by atoms with Gasteiger partial charge in [-0.3, -0.25) is 4.79 Å². The van der Waals surface area contributed by atoms with Crippen LogP contribution in [0.15, 0.2) is 30.3 Å². The maximum absolute atomic E-state index is 12.1. The summed E-state index contributed by atoms with van der Waals surface area (Å²) in [5.41, 5.74) is 0.415.